The maximum Gasteiger partial charge on any atom is 0.325 e. The lowest BCUT2D eigenvalue weighted by Gasteiger charge is -2.19. The molecule has 0 aliphatic rings. The van der Waals surface area contributed by atoms with Crippen molar-refractivity contribution in [2.45, 2.75) is 26.8 Å². The maximum atomic E-state index is 12.0. The first-order chi connectivity index (χ1) is 8.43. The van der Waals surface area contributed by atoms with Crippen LogP contribution in [0.1, 0.15) is 30.8 Å². The summed E-state index contributed by atoms with van der Waals surface area (Å²) in [5, 5.41) is 15.9. The molecule has 100 valence electrons. The topological polar surface area (TPSA) is 88.3 Å². The summed E-state index contributed by atoms with van der Waals surface area (Å²) in [7, 11) is 1.70. The molecule has 1 amide bonds. The molecule has 7 nitrogen and oxygen atoms in total. The summed E-state index contributed by atoms with van der Waals surface area (Å²) in [6.07, 6.45) is 2.34. The Morgan fingerprint density at radius 3 is 2.78 bits per heavy atom. The first-order valence-electron chi connectivity index (χ1n) is 5.81. The van der Waals surface area contributed by atoms with Crippen molar-refractivity contribution < 1.29 is 14.7 Å². The zero-order valence-corrected chi connectivity index (χ0v) is 10.8. The van der Waals surface area contributed by atoms with Gasteiger partial charge in [-0.05, 0) is 5.92 Å². The van der Waals surface area contributed by atoms with Gasteiger partial charge >= 0.3 is 5.97 Å². The highest BCUT2D eigenvalue weighted by atomic mass is 16.4. The predicted octanol–water partition coefficient (Wildman–Crippen LogP) is 0.481. The van der Waals surface area contributed by atoms with Gasteiger partial charge in [-0.15, -0.1) is 5.10 Å². The number of carbonyl (C=O) groups excluding carboxylic acids is 1. The number of carboxylic acids is 1. The SMILES string of the molecule is CCC(C)CN(C)C(=O)c1cn(CC(=O)O)nn1. The fraction of sp³-hybridized carbons (Fsp3) is 0.636. The summed E-state index contributed by atoms with van der Waals surface area (Å²) in [6.45, 7) is 4.47. The van der Waals surface area contributed by atoms with E-state index in [1.807, 2.05) is 0 Å². The van der Waals surface area contributed by atoms with Gasteiger partial charge in [0, 0.05) is 13.6 Å². The third-order valence-corrected chi connectivity index (χ3v) is 2.68. The van der Waals surface area contributed by atoms with Crippen LogP contribution < -0.4 is 0 Å². The van der Waals surface area contributed by atoms with Crippen LogP contribution in [0.2, 0.25) is 0 Å². The number of hydrogen-bond donors (Lipinski definition) is 1. The molecule has 1 heterocycles. The highest BCUT2D eigenvalue weighted by molar-refractivity contribution is 5.91. The molecular weight excluding hydrogens is 236 g/mol. The van der Waals surface area contributed by atoms with Crippen LogP contribution in [-0.4, -0.2) is 50.5 Å². The van der Waals surface area contributed by atoms with Crippen LogP contribution in [0.4, 0.5) is 0 Å². The summed E-state index contributed by atoms with van der Waals surface area (Å²) >= 11 is 0. The Kier molecular flexibility index (Phi) is 4.82. The third kappa shape index (κ3) is 3.83. The minimum absolute atomic E-state index is 0.169. The minimum Gasteiger partial charge on any atom is -0.480 e. The number of amides is 1. The molecule has 0 fully saturated rings. The van der Waals surface area contributed by atoms with Gasteiger partial charge in [-0.2, -0.15) is 0 Å². The maximum absolute atomic E-state index is 12.0. The van der Waals surface area contributed by atoms with Crippen molar-refractivity contribution in [2.75, 3.05) is 13.6 Å². The summed E-state index contributed by atoms with van der Waals surface area (Å²) in [4.78, 5) is 24.0. The predicted molar refractivity (Wildman–Crippen MR) is 64.1 cm³/mol. The van der Waals surface area contributed by atoms with E-state index < -0.39 is 5.97 Å². The molecule has 0 aliphatic carbocycles. The molecule has 0 spiro atoms. The Morgan fingerprint density at radius 2 is 2.22 bits per heavy atom. The van der Waals surface area contributed by atoms with Crippen molar-refractivity contribution in [1.82, 2.24) is 19.9 Å². The number of nitrogens with zero attached hydrogens (tertiary/aromatic N) is 4. The van der Waals surface area contributed by atoms with Crippen LogP contribution in [0.5, 0.6) is 0 Å². The summed E-state index contributed by atoms with van der Waals surface area (Å²) in [5.74, 6) is -0.855. The minimum atomic E-state index is -1.02. The summed E-state index contributed by atoms with van der Waals surface area (Å²) < 4.78 is 1.13. The van der Waals surface area contributed by atoms with Gasteiger partial charge in [-0.3, -0.25) is 9.59 Å². The standard InChI is InChI=1S/C11H18N4O3/c1-4-8(2)5-14(3)11(18)9-6-15(13-12-9)7-10(16)17/h6,8H,4-5,7H2,1-3H3,(H,16,17). The molecule has 1 N–H and O–H groups in total. The number of carbonyl (C=O) groups is 2. The van der Waals surface area contributed by atoms with Gasteiger partial charge in [-0.25, -0.2) is 4.68 Å². The molecule has 0 aliphatic heterocycles. The fourth-order valence-electron chi connectivity index (χ4n) is 1.49. The number of rotatable bonds is 6. The van der Waals surface area contributed by atoms with Crippen molar-refractivity contribution >= 4 is 11.9 Å². The van der Waals surface area contributed by atoms with E-state index >= 15 is 0 Å². The lowest BCUT2D eigenvalue weighted by Crippen LogP contribution is -2.31. The second-order valence-electron chi connectivity index (χ2n) is 4.39. The zero-order valence-electron chi connectivity index (χ0n) is 10.8. The molecular formula is C11H18N4O3. The quantitative estimate of drug-likeness (QED) is 0.797. The second kappa shape index (κ2) is 6.13. The van der Waals surface area contributed by atoms with Crippen molar-refractivity contribution in [1.29, 1.82) is 0 Å². The zero-order chi connectivity index (χ0) is 13.7. The Balaban J connectivity index is 2.66. The Hall–Kier alpha value is -1.92. The Morgan fingerprint density at radius 1 is 1.56 bits per heavy atom. The highest BCUT2D eigenvalue weighted by Crippen LogP contribution is 2.06. The molecule has 1 rings (SSSR count). The van der Waals surface area contributed by atoms with E-state index in [0.717, 1.165) is 11.1 Å². The molecule has 1 aromatic rings. The van der Waals surface area contributed by atoms with Crippen molar-refractivity contribution in [3.8, 4) is 0 Å². The van der Waals surface area contributed by atoms with Crippen LogP contribution in [-0.2, 0) is 11.3 Å². The van der Waals surface area contributed by atoms with Crippen LogP contribution in [0.15, 0.2) is 6.20 Å². The van der Waals surface area contributed by atoms with Gasteiger partial charge in [0.05, 0.1) is 6.20 Å². The van der Waals surface area contributed by atoms with E-state index in [1.54, 1.807) is 11.9 Å². The first-order valence-corrected chi connectivity index (χ1v) is 5.81. The third-order valence-electron chi connectivity index (χ3n) is 2.68. The molecule has 7 heteroatoms. The van der Waals surface area contributed by atoms with Gasteiger partial charge in [0.25, 0.3) is 5.91 Å². The van der Waals surface area contributed by atoms with E-state index in [-0.39, 0.29) is 18.1 Å². The van der Waals surface area contributed by atoms with E-state index in [4.69, 9.17) is 5.11 Å². The molecule has 1 unspecified atom stereocenters. The number of carboxylic acid groups (broad SMARTS) is 1. The molecule has 0 bridgehead atoms. The van der Waals surface area contributed by atoms with Crippen molar-refractivity contribution in [3.63, 3.8) is 0 Å². The molecule has 1 aromatic heterocycles. The van der Waals surface area contributed by atoms with E-state index in [9.17, 15) is 9.59 Å². The van der Waals surface area contributed by atoms with Crippen LogP contribution in [0.3, 0.4) is 0 Å². The van der Waals surface area contributed by atoms with Gasteiger partial charge in [0.15, 0.2) is 5.69 Å². The largest absolute Gasteiger partial charge is 0.480 e. The van der Waals surface area contributed by atoms with Gasteiger partial charge < -0.3 is 10.0 Å². The normalized spacial score (nSPS) is 12.2. The van der Waals surface area contributed by atoms with Gasteiger partial charge in [0.2, 0.25) is 0 Å². The van der Waals surface area contributed by atoms with E-state index in [1.165, 1.54) is 6.20 Å². The fourth-order valence-corrected chi connectivity index (χ4v) is 1.49. The monoisotopic (exact) mass is 254 g/mol. The smallest absolute Gasteiger partial charge is 0.325 e. The van der Waals surface area contributed by atoms with Crippen LogP contribution in [0, 0.1) is 5.92 Å². The first kappa shape index (κ1) is 14.1. The number of aliphatic carboxylic acids is 1. The molecule has 0 saturated carbocycles. The number of hydrogen-bond acceptors (Lipinski definition) is 4. The summed E-state index contributed by atoms with van der Waals surface area (Å²) in [5.41, 5.74) is 0.169. The average molecular weight is 254 g/mol. The Bertz CT molecular complexity index is 430. The lowest BCUT2D eigenvalue weighted by molar-refractivity contribution is -0.137. The van der Waals surface area contributed by atoms with Crippen molar-refractivity contribution in [3.05, 3.63) is 11.9 Å². The molecule has 0 radical (unpaired) electrons. The van der Waals surface area contributed by atoms with Crippen LogP contribution in [0.25, 0.3) is 0 Å². The molecule has 1 atom stereocenters. The summed E-state index contributed by atoms with van der Waals surface area (Å²) in [6, 6.07) is 0. The second-order valence-corrected chi connectivity index (χ2v) is 4.39. The molecule has 0 aromatic carbocycles. The average Bonchev–Trinajstić information content (AvgIpc) is 2.75. The van der Waals surface area contributed by atoms with Gasteiger partial charge in [0.1, 0.15) is 6.54 Å². The van der Waals surface area contributed by atoms with Crippen LogP contribution >= 0.6 is 0 Å². The number of aromatic nitrogens is 3. The molecule has 0 saturated heterocycles. The highest BCUT2D eigenvalue weighted by Gasteiger charge is 2.17. The molecule has 18 heavy (non-hydrogen) atoms. The Labute approximate surface area is 105 Å². The van der Waals surface area contributed by atoms with E-state index in [0.29, 0.717) is 12.5 Å². The van der Waals surface area contributed by atoms with E-state index in [2.05, 4.69) is 24.2 Å². The van der Waals surface area contributed by atoms with Crippen molar-refractivity contribution in [2.24, 2.45) is 5.92 Å². The van der Waals surface area contributed by atoms with Gasteiger partial charge in [-0.1, -0.05) is 25.5 Å². The lowest BCUT2D eigenvalue weighted by atomic mass is 10.1.